The van der Waals surface area contributed by atoms with Gasteiger partial charge < -0.3 is 25.0 Å². The van der Waals surface area contributed by atoms with Crippen molar-refractivity contribution in [1.29, 1.82) is 0 Å². The highest BCUT2D eigenvalue weighted by molar-refractivity contribution is 7.92. The second kappa shape index (κ2) is 13.0. The summed E-state index contributed by atoms with van der Waals surface area (Å²) in [6.07, 6.45) is 1.83. The number of ether oxygens (including phenoxy) is 1. The Balaban J connectivity index is 1.61. The van der Waals surface area contributed by atoms with Crippen LogP contribution in [-0.4, -0.2) is 79.7 Å². The monoisotopic (exact) mass is 600 g/mol. The van der Waals surface area contributed by atoms with Crippen molar-refractivity contribution in [2.75, 3.05) is 47.7 Å². The van der Waals surface area contributed by atoms with E-state index in [4.69, 9.17) is 4.74 Å². The Labute approximate surface area is 243 Å². The number of carbonyl (C=O) groups is 2. The first-order valence-electron chi connectivity index (χ1n) is 13.4. The Hall–Kier alpha value is -4.46. The van der Waals surface area contributed by atoms with Crippen LogP contribution in [0.2, 0.25) is 0 Å². The van der Waals surface area contributed by atoms with Crippen LogP contribution in [0.3, 0.4) is 0 Å². The number of halogens is 1. The predicted octanol–water partition coefficient (Wildman–Crippen LogP) is 3.60. The number of carboxylic acid groups (broad SMARTS) is 1. The van der Waals surface area contributed by atoms with E-state index in [1.807, 2.05) is 18.7 Å². The maximum absolute atomic E-state index is 13.5. The molecular weight excluding hydrogens is 567 g/mol. The Kier molecular flexibility index (Phi) is 9.45. The Morgan fingerprint density at radius 1 is 1.10 bits per heavy atom. The minimum absolute atomic E-state index is 0.00687. The van der Waals surface area contributed by atoms with Gasteiger partial charge in [-0.1, -0.05) is 12.1 Å². The molecular formula is C28H33FN6O6S. The molecule has 1 atom stereocenters. The molecule has 1 aliphatic rings. The van der Waals surface area contributed by atoms with Crippen LogP contribution in [0, 0.1) is 5.82 Å². The van der Waals surface area contributed by atoms with Gasteiger partial charge in [0.2, 0.25) is 5.95 Å². The van der Waals surface area contributed by atoms with E-state index in [2.05, 4.69) is 15.3 Å². The topological polar surface area (TPSA) is 145 Å². The number of aliphatic carboxylic acids is 1. The van der Waals surface area contributed by atoms with E-state index in [0.717, 1.165) is 35.0 Å². The zero-order chi connectivity index (χ0) is 30.4. The third-order valence-electron chi connectivity index (χ3n) is 6.91. The van der Waals surface area contributed by atoms with Crippen molar-refractivity contribution >= 4 is 39.5 Å². The van der Waals surface area contributed by atoms with E-state index < -0.39 is 33.9 Å². The highest BCUT2D eigenvalue weighted by atomic mass is 32.2. The quantitative estimate of drug-likeness (QED) is 0.316. The van der Waals surface area contributed by atoms with Crippen LogP contribution in [0.4, 0.5) is 26.6 Å². The molecule has 224 valence electrons. The van der Waals surface area contributed by atoms with Gasteiger partial charge in [-0.2, -0.15) is 4.98 Å². The third-order valence-corrected chi connectivity index (χ3v) is 8.69. The smallest absolute Gasteiger partial charge is 0.415 e. The van der Waals surface area contributed by atoms with Gasteiger partial charge in [0.15, 0.2) is 5.82 Å². The van der Waals surface area contributed by atoms with Crippen molar-refractivity contribution in [1.82, 2.24) is 14.9 Å². The molecule has 1 aliphatic heterocycles. The normalized spacial score (nSPS) is 13.6. The van der Waals surface area contributed by atoms with E-state index in [9.17, 15) is 27.5 Å². The summed E-state index contributed by atoms with van der Waals surface area (Å²) in [5.74, 6) is -1.16. The number of anilines is 3. The third kappa shape index (κ3) is 6.87. The summed E-state index contributed by atoms with van der Waals surface area (Å²) in [5.41, 5.74) is 0.639. The van der Waals surface area contributed by atoms with Crippen LogP contribution in [0.5, 0.6) is 5.75 Å². The van der Waals surface area contributed by atoms with Crippen LogP contribution >= 0.6 is 0 Å². The number of likely N-dealkylation sites (tertiary alicyclic amines) is 1. The van der Waals surface area contributed by atoms with Crippen LogP contribution in [0.1, 0.15) is 25.8 Å². The van der Waals surface area contributed by atoms with Crippen molar-refractivity contribution in [3.8, 4) is 5.75 Å². The van der Waals surface area contributed by atoms with Crippen LogP contribution in [-0.2, 0) is 21.2 Å². The zero-order valence-electron chi connectivity index (χ0n) is 23.5. The molecule has 1 aromatic heterocycles. The average Bonchev–Trinajstić information content (AvgIpc) is 2.93. The van der Waals surface area contributed by atoms with Gasteiger partial charge in [-0.05, 0) is 62.2 Å². The van der Waals surface area contributed by atoms with E-state index in [1.165, 1.54) is 13.2 Å². The molecule has 4 rings (SSSR count). The summed E-state index contributed by atoms with van der Waals surface area (Å²) in [6.45, 7) is 6.26. The van der Waals surface area contributed by atoms with Crippen LogP contribution in [0.25, 0.3) is 0 Å². The number of nitrogens with zero attached hydrogens (tertiary/aromatic N) is 5. The van der Waals surface area contributed by atoms with Crippen molar-refractivity contribution in [2.24, 2.45) is 0 Å². The number of rotatable bonds is 12. The number of carboxylic acids is 1. The van der Waals surface area contributed by atoms with Gasteiger partial charge in [-0.25, -0.2) is 27.4 Å². The minimum atomic E-state index is -4.17. The molecule has 0 unspecified atom stereocenters. The first-order valence-corrected chi connectivity index (χ1v) is 14.9. The Morgan fingerprint density at radius 3 is 2.29 bits per heavy atom. The standard InChI is InChI=1S/C28H33FN6O6S/c1-4-34(5-2)27-30-18-24(33(3)42(39,40)22-13-9-20(29)10-14-22)25(32-27)31-23(26(36)37)17-19-7-11-21(12-8-19)41-28(38)35-15-6-16-35/h7-14,18,23H,4-6,15-17H2,1-3H3,(H,36,37)(H,30,31,32)/t23-/m0/s1. The number of carbonyl (C=O) groups excluding carboxylic acids is 1. The maximum Gasteiger partial charge on any atom is 0.415 e. The fourth-order valence-electron chi connectivity index (χ4n) is 4.21. The summed E-state index contributed by atoms with van der Waals surface area (Å²) in [4.78, 5) is 36.5. The Bertz CT molecular complexity index is 1510. The lowest BCUT2D eigenvalue weighted by molar-refractivity contribution is -0.137. The van der Waals surface area contributed by atoms with E-state index in [-0.39, 0.29) is 28.8 Å². The number of sulfonamides is 1. The number of hydrogen-bond acceptors (Lipinski definition) is 9. The number of amides is 1. The molecule has 3 aromatic rings. The summed E-state index contributed by atoms with van der Waals surface area (Å²) in [5, 5.41) is 13.0. The van der Waals surface area contributed by atoms with E-state index >= 15 is 0 Å². The summed E-state index contributed by atoms with van der Waals surface area (Å²) < 4.78 is 46.5. The Morgan fingerprint density at radius 2 is 1.74 bits per heavy atom. The molecule has 2 aromatic carbocycles. The number of benzene rings is 2. The number of aromatic nitrogens is 2. The van der Waals surface area contributed by atoms with Gasteiger partial charge >= 0.3 is 12.1 Å². The lowest BCUT2D eigenvalue weighted by atomic mass is 10.1. The summed E-state index contributed by atoms with van der Waals surface area (Å²) >= 11 is 0. The first kappa shape index (κ1) is 30.5. The molecule has 1 saturated heterocycles. The average molecular weight is 601 g/mol. The van der Waals surface area contributed by atoms with E-state index in [0.29, 0.717) is 37.5 Å². The highest BCUT2D eigenvalue weighted by Crippen LogP contribution is 2.30. The predicted molar refractivity (Wildman–Crippen MR) is 155 cm³/mol. The van der Waals surface area contributed by atoms with Crippen LogP contribution in [0.15, 0.2) is 59.6 Å². The van der Waals surface area contributed by atoms with Crippen molar-refractivity contribution in [3.05, 3.63) is 66.1 Å². The summed E-state index contributed by atoms with van der Waals surface area (Å²) in [7, 11) is -2.88. The first-order chi connectivity index (χ1) is 20.0. The van der Waals surface area contributed by atoms with Gasteiger partial charge in [0.1, 0.15) is 23.3 Å². The molecule has 0 spiro atoms. The largest absolute Gasteiger partial charge is 0.480 e. The molecule has 1 fully saturated rings. The fourth-order valence-corrected chi connectivity index (χ4v) is 5.40. The fraction of sp³-hybridized carbons (Fsp3) is 0.357. The highest BCUT2D eigenvalue weighted by Gasteiger charge is 2.28. The second-order valence-electron chi connectivity index (χ2n) is 9.59. The molecule has 2 heterocycles. The van der Waals surface area contributed by atoms with E-state index in [1.54, 1.807) is 29.2 Å². The van der Waals surface area contributed by atoms with Crippen molar-refractivity contribution in [2.45, 2.75) is 37.6 Å². The molecule has 12 nitrogen and oxygen atoms in total. The molecule has 42 heavy (non-hydrogen) atoms. The van der Waals surface area contributed by atoms with Gasteiger partial charge in [0, 0.05) is 39.6 Å². The second-order valence-corrected chi connectivity index (χ2v) is 11.6. The molecule has 1 amide bonds. The summed E-state index contributed by atoms with van der Waals surface area (Å²) in [6, 6.07) is 9.64. The van der Waals surface area contributed by atoms with Gasteiger partial charge in [0.05, 0.1) is 11.1 Å². The SMILES string of the molecule is CCN(CC)c1ncc(N(C)S(=O)(=O)c2ccc(F)cc2)c(N[C@@H](Cc2ccc(OC(=O)N3CCC3)cc2)C(=O)O)n1. The van der Waals surface area contributed by atoms with Crippen molar-refractivity contribution in [3.63, 3.8) is 0 Å². The minimum Gasteiger partial charge on any atom is -0.480 e. The lowest BCUT2D eigenvalue weighted by Gasteiger charge is -2.29. The molecule has 0 bridgehead atoms. The van der Waals surface area contributed by atoms with Gasteiger partial charge in [-0.15, -0.1) is 0 Å². The number of hydrogen-bond donors (Lipinski definition) is 2. The zero-order valence-corrected chi connectivity index (χ0v) is 24.3. The lowest BCUT2D eigenvalue weighted by Crippen LogP contribution is -2.43. The number of nitrogens with one attached hydrogen (secondary N) is 1. The molecule has 0 radical (unpaired) electrons. The molecule has 0 aliphatic carbocycles. The molecule has 0 saturated carbocycles. The molecule has 14 heteroatoms. The molecule has 2 N–H and O–H groups in total. The van der Waals surface area contributed by atoms with Gasteiger partial charge in [-0.3, -0.25) is 4.31 Å². The van der Waals surface area contributed by atoms with Gasteiger partial charge in [0.25, 0.3) is 10.0 Å². The van der Waals surface area contributed by atoms with Crippen LogP contribution < -0.4 is 19.3 Å². The maximum atomic E-state index is 13.5. The van der Waals surface area contributed by atoms with Crippen molar-refractivity contribution < 1.29 is 32.2 Å².